The molecule has 1 unspecified atom stereocenters. The zero-order valence-corrected chi connectivity index (χ0v) is 6.11. The van der Waals surface area contributed by atoms with E-state index >= 15 is 0 Å². The van der Waals surface area contributed by atoms with Gasteiger partial charge in [-0.05, 0) is 0 Å². The van der Waals surface area contributed by atoms with E-state index in [0.29, 0.717) is 5.92 Å². The zero-order valence-electron chi connectivity index (χ0n) is 6.11. The fourth-order valence-corrected chi connectivity index (χ4v) is 0.743. The predicted octanol–water partition coefficient (Wildman–Crippen LogP) is 3.04. The topological polar surface area (TPSA) is 0 Å². The second-order valence-electron chi connectivity index (χ2n) is 2.60. The Bertz CT molecular complexity index is 37.3. The number of unbranched alkanes of at least 4 members (excludes halogenated alkanes) is 2. The van der Waals surface area contributed by atoms with Gasteiger partial charge in [-0.3, -0.25) is 0 Å². The molecule has 0 amide bonds. The lowest BCUT2D eigenvalue weighted by Crippen LogP contribution is -1.85. The van der Waals surface area contributed by atoms with Crippen molar-refractivity contribution in [2.24, 2.45) is 5.92 Å². The lowest BCUT2D eigenvalue weighted by Gasteiger charge is -2.07. The van der Waals surface area contributed by atoms with Crippen LogP contribution in [0.4, 0.5) is 0 Å². The molecule has 0 saturated heterocycles. The minimum Gasteiger partial charge on any atom is -0.341 e. The summed E-state index contributed by atoms with van der Waals surface area (Å²) in [6, 6.07) is 0. The normalized spacial score (nSPS) is 13.9. The fourth-order valence-electron chi connectivity index (χ4n) is 0.743. The van der Waals surface area contributed by atoms with Crippen LogP contribution in [0.15, 0.2) is 0 Å². The monoisotopic (exact) mass is 113 g/mol. The maximum Gasteiger partial charge on any atom is -0.0537 e. The van der Waals surface area contributed by atoms with Crippen molar-refractivity contribution in [3.05, 3.63) is 6.92 Å². The fraction of sp³-hybridized carbons (Fsp3) is 0.875. The van der Waals surface area contributed by atoms with Gasteiger partial charge in [-0.25, -0.2) is 0 Å². The first-order valence-corrected chi connectivity index (χ1v) is 3.60. The maximum absolute atomic E-state index is 3.91. The third-order valence-corrected chi connectivity index (χ3v) is 1.30. The second-order valence-corrected chi connectivity index (χ2v) is 2.60. The van der Waals surface area contributed by atoms with Crippen LogP contribution < -0.4 is 0 Å². The molecule has 0 spiro atoms. The average molecular weight is 113 g/mol. The lowest BCUT2D eigenvalue weighted by atomic mass is 10.1. The first-order chi connectivity index (χ1) is 3.77. The molecule has 0 bridgehead atoms. The van der Waals surface area contributed by atoms with Gasteiger partial charge in [-0.1, -0.05) is 39.5 Å². The summed E-state index contributed by atoms with van der Waals surface area (Å²) in [5.74, 6) is 0.654. The molecule has 0 aliphatic carbocycles. The summed E-state index contributed by atoms with van der Waals surface area (Å²) in [6.45, 7) is 8.32. The van der Waals surface area contributed by atoms with E-state index in [1.165, 1.54) is 25.7 Å². The van der Waals surface area contributed by atoms with Crippen molar-refractivity contribution in [1.29, 1.82) is 0 Å². The Balaban J connectivity index is 2.72. The van der Waals surface area contributed by atoms with E-state index in [1.54, 1.807) is 0 Å². The standard InChI is InChI=1S/C8H17/c1-4-5-6-7-8(2)3/h8H,2,4-7H2,1,3H3/q-1. The molecule has 0 rings (SSSR count). The number of rotatable bonds is 4. The molecule has 0 heterocycles. The van der Waals surface area contributed by atoms with Crippen molar-refractivity contribution >= 4 is 0 Å². The van der Waals surface area contributed by atoms with Crippen LogP contribution in [0.3, 0.4) is 0 Å². The van der Waals surface area contributed by atoms with Gasteiger partial charge in [0.15, 0.2) is 0 Å². The summed E-state index contributed by atoms with van der Waals surface area (Å²) in [6.07, 6.45) is 5.36. The van der Waals surface area contributed by atoms with E-state index in [4.69, 9.17) is 0 Å². The van der Waals surface area contributed by atoms with Crippen molar-refractivity contribution in [2.75, 3.05) is 0 Å². The molecular weight excluding hydrogens is 96.1 g/mol. The number of hydrogen-bond acceptors (Lipinski definition) is 0. The molecule has 1 atom stereocenters. The van der Waals surface area contributed by atoms with Gasteiger partial charge in [-0.15, -0.1) is 0 Å². The molecule has 50 valence electrons. The predicted molar refractivity (Wildman–Crippen MR) is 38.7 cm³/mol. The molecule has 0 radical (unpaired) electrons. The van der Waals surface area contributed by atoms with Crippen molar-refractivity contribution in [3.8, 4) is 0 Å². The highest BCUT2D eigenvalue weighted by Crippen LogP contribution is 2.06. The molecule has 0 N–H and O–H groups in total. The summed E-state index contributed by atoms with van der Waals surface area (Å²) in [5, 5.41) is 0. The van der Waals surface area contributed by atoms with Gasteiger partial charge in [0.2, 0.25) is 0 Å². The van der Waals surface area contributed by atoms with E-state index in [1.807, 2.05) is 0 Å². The molecule has 0 nitrogen and oxygen atoms in total. The molecule has 0 aromatic carbocycles. The summed E-state index contributed by atoms with van der Waals surface area (Å²) in [7, 11) is 0. The summed E-state index contributed by atoms with van der Waals surface area (Å²) in [5.41, 5.74) is 0. The molecule has 0 saturated carbocycles. The van der Waals surface area contributed by atoms with Gasteiger partial charge in [0.25, 0.3) is 0 Å². The van der Waals surface area contributed by atoms with Crippen molar-refractivity contribution in [3.63, 3.8) is 0 Å². The SMILES string of the molecule is [CH2-]C(C)CCCCC. The van der Waals surface area contributed by atoms with Crippen LogP contribution in [0.25, 0.3) is 0 Å². The highest BCUT2D eigenvalue weighted by molar-refractivity contribution is 4.52. The van der Waals surface area contributed by atoms with Crippen molar-refractivity contribution < 1.29 is 0 Å². The largest absolute Gasteiger partial charge is 0.341 e. The molecule has 0 heteroatoms. The highest BCUT2D eigenvalue weighted by atomic mass is 14.0. The van der Waals surface area contributed by atoms with Crippen LogP contribution in [-0.2, 0) is 0 Å². The molecular formula is C8H17-. The van der Waals surface area contributed by atoms with Crippen molar-refractivity contribution in [2.45, 2.75) is 39.5 Å². The number of hydrogen-bond donors (Lipinski definition) is 0. The van der Waals surface area contributed by atoms with Gasteiger partial charge in [-0.2, -0.15) is 5.92 Å². The van der Waals surface area contributed by atoms with E-state index in [0.717, 1.165) is 0 Å². The molecule has 0 aromatic heterocycles. The Labute approximate surface area is 53.3 Å². The van der Waals surface area contributed by atoms with Gasteiger partial charge < -0.3 is 6.92 Å². The Morgan fingerprint density at radius 1 is 1.38 bits per heavy atom. The Kier molecular flexibility index (Phi) is 5.14. The Hall–Kier alpha value is 0. The van der Waals surface area contributed by atoms with E-state index in [2.05, 4.69) is 20.8 Å². The minimum absolute atomic E-state index is 0.654. The summed E-state index contributed by atoms with van der Waals surface area (Å²) < 4.78 is 0. The zero-order chi connectivity index (χ0) is 6.41. The Morgan fingerprint density at radius 2 is 2.00 bits per heavy atom. The van der Waals surface area contributed by atoms with Crippen LogP contribution in [0, 0.1) is 12.8 Å². The van der Waals surface area contributed by atoms with Crippen LogP contribution in [0.5, 0.6) is 0 Å². The third-order valence-electron chi connectivity index (χ3n) is 1.30. The van der Waals surface area contributed by atoms with Crippen LogP contribution in [0.2, 0.25) is 0 Å². The smallest absolute Gasteiger partial charge is 0.0537 e. The molecule has 0 aromatic rings. The summed E-state index contributed by atoms with van der Waals surface area (Å²) in [4.78, 5) is 0. The molecule has 8 heavy (non-hydrogen) atoms. The first-order valence-electron chi connectivity index (χ1n) is 3.60. The molecule has 0 aliphatic rings. The lowest BCUT2D eigenvalue weighted by molar-refractivity contribution is 0.573. The molecule has 0 fully saturated rings. The molecule has 0 aliphatic heterocycles. The van der Waals surface area contributed by atoms with E-state index < -0.39 is 0 Å². The average Bonchev–Trinajstić information content (AvgIpc) is 1.66. The first kappa shape index (κ1) is 8.00. The van der Waals surface area contributed by atoms with E-state index in [9.17, 15) is 0 Å². The van der Waals surface area contributed by atoms with Crippen LogP contribution in [-0.4, -0.2) is 0 Å². The van der Waals surface area contributed by atoms with Gasteiger partial charge >= 0.3 is 0 Å². The Morgan fingerprint density at radius 3 is 2.38 bits per heavy atom. The van der Waals surface area contributed by atoms with Gasteiger partial charge in [0.05, 0.1) is 0 Å². The minimum atomic E-state index is 0.654. The van der Waals surface area contributed by atoms with Gasteiger partial charge in [0.1, 0.15) is 0 Å². The highest BCUT2D eigenvalue weighted by Gasteiger charge is 1.85. The van der Waals surface area contributed by atoms with Crippen molar-refractivity contribution in [1.82, 2.24) is 0 Å². The van der Waals surface area contributed by atoms with Crippen LogP contribution >= 0.6 is 0 Å². The third kappa shape index (κ3) is 6.00. The second kappa shape index (κ2) is 5.14. The quantitative estimate of drug-likeness (QED) is 0.388. The maximum atomic E-state index is 3.91. The van der Waals surface area contributed by atoms with Crippen LogP contribution in [0.1, 0.15) is 39.5 Å². The van der Waals surface area contributed by atoms with Gasteiger partial charge in [0, 0.05) is 0 Å². The van der Waals surface area contributed by atoms with E-state index in [-0.39, 0.29) is 0 Å². The summed E-state index contributed by atoms with van der Waals surface area (Å²) >= 11 is 0.